The van der Waals surface area contributed by atoms with Gasteiger partial charge in [0.25, 0.3) is 0 Å². The Balaban J connectivity index is 1.91. The van der Waals surface area contributed by atoms with E-state index in [1.54, 1.807) is 0 Å². The predicted octanol–water partition coefficient (Wildman–Crippen LogP) is 0.690. The van der Waals surface area contributed by atoms with E-state index in [2.05, 4.69) is 5.32 Å². The number of carbonyl (C=O) groups is 1. The van der Waals surface area contributed by atoms with Gasteiger partial charge in [0, 0.05) is 19.1 Å². The lowest BCUT2D eigenvalue weighted by molar-refractivity contribution is -0.129. The van der Waals surface area contributed by atoms with Crippen molar-refractivity contribution in [2.24, 2.45) is 11.8 Å². The molecule has 1 unspecified atom stereocenters. The van der Waals surface area contributed by atoms with Gasteiger partial charge in [-0.25, -0.2) is 0 Å². The van der Waals surface area contributed by atoms with E-state index in [4.69, 9.17) is 4.74 Å². The summed E-state index contributed by atoms with van der Waals surface area (Å²) in [5.41, 5.74) is -0.432. The van der Waals surface area contributed by atoms with Crippen molar-refractivity contribution >= 4 is 5.91 Å². The van der Waals surface area contributed by atoms with Gasteiger partial charge in [-0.05, 0) is 31.6 Å². The molecule has 1 saturated heterocycles. The van der Waals surface area contributed by atoms with Crippen LogP contribution in [0, 0.1) is 11.8 Å². The van der Waals surface area contributed by atoms with Gasteiger partial charge in [-0.1, -0.05) is 6.92 Å². The number of rotatable bonds is 4. The number of hydrogen-bond donors (Lipinski definition) is 2. The zero-order valence-electron chi connectivity index (χ0n) is 9.87. The Bertz CT molecular complexity index is 257. The Morgan fingerprint density at radius 3 is 2.62 bits per heavy atom. The summed E-state index contributed by atoms with van der Waals surface area (Å²) in [6.07, 6.45) is 3.77. The third-order valence-corrected chi connectivity index (χ3v) is 3.88. The molecule has 1 aliphatic heterocycles. The van der Waals surface area contributed by atoms with Crippen molar-refractivity contribution in [3.8, 4) is 0 Å². The average Bonchev–Trinajstić information content (AvgIpc) is 3.13. The van der Waals surface area contributed by atoms with Gasteiger partial charge in [-0.3, -0.25) is 4.79 Å². The molecule has 1 heterocycles. The molecule has 16 heavy (non-hydrogen) atoms. The van der Waals surface area contributed by atoms with Gasteiger partial charge >= 0.3 is 0 Å². The largest absolute Gasteiger partial charge is 0.394 e. The third-order valence-electron chi connectivity index (χ3n) is 3.88. The maximum atomic E-state index is 12.0. The Morgan fingerprint density at radius 1 is 1.50 bits per heavy atom. The van der Waals surface area contributed by atoms with Crippen LogP contribution in [-0.2, 0) is 9.53 Å². The van der Waals surface area contributed by atoms with E-state index >= 15 is 0 Å². The van der Waals surface area contributed by atoms with Gasteiger partial charge in [-0.15, -0.1) is 0 Å². The van der Waals surface area contributed by atoms with Crippen molar-refractivity contribution in [3.63, 3.8) is 0 Å². The molecule has 1 saturated carbocycles. The molecule has 92 valence electrons. The first-order valence-electron chi connectivity index (χ1n) is 6.17. The lowest BCUT2D eigenvalue weighted by Crippen LogP contribution is -2.55. The molecule has 0 aromatic heterocycles. The fourth-order valence-electron chi connectivity index (χ4n) is 2.27. The van der Waals surface area contributed by atoms with Crippen molar-refractivity contribution in [1.82, 2.24) is 5.32 Å². The van der Waals surface area contributed by atoms with Crippen LogP contribution in [0.4, 0.5) is 0 Å². The van der Waals surface area contributed by atoms with E-state index < -0.39 is 5.54 Å². The lowest BCUT2D eigenvalue weighted by Gasteiger charge is -2.37. The fourth-order valence-corrected chi connectivity index (χ4v) is 2.27. The Labute approximate surface area is 96.4 Å². The molecule has 4 heteroatoms. The van der Waals surface area contributed by atoms with E-state index in [-0.39, 0.29) is 18.4 Å². The monoisotopic (exact) mass is 227 g/mol. The summed E-state index contributed by atoms with van der Waals surface area (Å²) < 4.78 is 5.27. The van der Waals surface area contributed by atoms with Crippen molar-refractivity contribution in [2.75, 3.05) is 19.8 Å². The van der Waals surface area contributed by atoms with Gasteiger partial charge in [0.1, 0.15) is 0 Å². The SMILES string of the molecule is CC(C(=O)NC1(CO)CCOCC1)C1CC1. The van der Waals surface area contributed by atoms with Crippen LogP contribution in [0.5, 0.6) is 0 Å². The molecule has 1 atom stereocenters. The molecule has 0 aromatic rings. The molecule has 2 N–H and O–H groups in total. The number of aliphatic hydroxyl groups excluding tert-OH is 1. The second-order valence-electron chi connectivity index (χ2n) is 5.17. The zero-order valence-corrected chi connectivity index (χ0v) is 9.87. The first-order valence-corrected chi connectivity index (χ1v) is 6.17. The minimum absolute atomic E-state index is 0.0134. The highest BCUT2D eigenvalue weighted by atomic mass is 16.5. The predicted molar refractivity (Wildman–Crippen MR) is 59.9 cm³/mol. The van der Waals surface area contributed by atoms with E-state index in [0.717, 1.165) is 0 Å². The number of ether oxygens (including phenoxy) is 1. The smallest absolute Gasteiger partial charge is 0.223 e. The Kier molecular flexibility index (Phi) is 3.50. The van der Waals surface area contributed by atoms with Crippen molar-refractivity contribution in [2.45, 2.75) is 38.1 Å². The highest BCUT2D eigenvalue weighted by molar-refractivity contribution is 5.79. The summed E-state index contributed by atoms with van der Waals surface area (Å²) in [5.74, 6) is 0.750. The number of amides is 1. The average molecular weight is 227 g/mol. The lowest BCUT2D eigenvalue weighted by atomic mass is 9.90. The van der Waals surface area contributed by atoms with E-state index in [1.807, 2.05) is 6.92 Å². The second kappa shape index (κ2) is 4.72. The van der Waals surface area contributed by atoms with Crippen molar-refractivity contribution in [3.05, 3.63) is 0 Å². The number of aliphatic hydroxyl groups is 1. The first-order chi connectivity index (χ1) is 7.67. The van der Waals surface area contributed by atoms with Crippen LogP contribution < -0.4 is 5.32 Å². The molecule has 2 rings (SSSR count). The minimum Gasteiger partial charge on any atom is -0.394 e. The van der Waals surface area contributed by atoms with Crippen LogP contribution in [0.15, 0.2) is 0 Å². The quantitative estimate of drug-likeness (QED) is 0.743. The molecular formula is C12H21NO3. The summed E-state index contributed by atoms with van der Waals surface area (Å²) in [6.45, 7) is 3.24. The molecule has 1 amide bonds. The molecule has 0 aromatic carbocycles. The first kappa shape index (κ1) is 11.9. The molecule has 2 fully saturated rings. The second-order valence-corrected chi connectivity index (χ2v) is 5.17. The number of nitrogens with one attached hydrogen (secondary N) is 1. The maximum Gasteiger partial charge on any atom is 0.223 e. The van der Waals surface area contributed by atoms with Gasteiger partial charge in [0.05, 0.1) is 12.1 Å². The number of hydrogen-bond acceptors (Lipinski definition) is 3. The molecule has 0 spiro atoms. The molecule has 2 aliphatic rings. The van der Waals surface area contributed by atoms with Crippen molar-refractivity contribution in [1.29, 1.82) is 0 Å². The maximum absolute atomic E-state index is 12.0. The van der Waals surface area contributed by atoms with Crippen LogP contribution >= 0.6 is 0 Å². The Morgan fingerprint density at radius 2 is 2.12 bits per heavy atom. The molecule has 1 aliphatic carbocycles. The zero-order chi connectivity index (χ0) is 11.6. The van der Waals surface area contributed by atoms with E-state index in [1.165, 1.54) is 12.8 Å². The van der Waals surface area contributed by atoms with Gasteiger partial charge in [-0.2, -0.15) is 0 Å². The van der Waals surface area contributed by atoms with E-state index in [0.29, 0.717) is 32.0 Å². The standard InChI is InChI=1S/C12H21NO3/c1-9(10-2-3-10)11(15)13-12(8-14)4-6-16-7-5-12/h9-10,14H,2-8H2,1H3,(H,13,15). The summed E-state index contributed by atoms with van der Waals surface area (Å²) in [7, 11) is 0. The van der Waals surface area contributed by atoms with Crippen LogP contribution in [0.3, 0.4) is 0 Å². The van der Waals surface area contributed by atoms with Crippen molar-refractivity contribution < 1.29 is 14.6 Å². The van der Waals surface area contributed by atoms with Crippen LogP contribution in [0.2, 0.25) is 0 Å². The highest BCUT2D eigenvalue weighted by Crippen LogP contribution is 2.37. The molecule has 0 bridgehead atoms. The van der Waals surface area contributed by atoms with Crippen LogP contribution in [-0.4, -0.2) is 36.4 Å². The van der Waals surface area contributed by atoms with Gasteiger partial charge in [0.2, 0.25) is 5.91 Å². The van der Waals surface area contributed by atoms with Crippen LogP contribution in [0.1, 0.15) is 32.6 Å². The highest BCUT2D eigenvalue weighted by Gasteiger charge is 2.38. The molecule has 0 radical (unpaired) electrons. The molecular weight excluding hydrogens is 206 g/mol. The summed E-state index contributed by atoms with van der Waals surface area (Å²) in [4.78, 5) is 12.0. The van der Waals surface area contributed by atoms with Crippen LogP contribution in [0.25, 0.3) is 0 Å². The van der Waals surface area contributed by atoms with E-state index in [9.17, 15) is 9.90 Å². The van der Waals surface area contributed by atoms with Gasteiger partial charge in [0.15, 0.2) is 0 Å². The Hall–Kier alpha value is -0.610. The summed E-state index contributed by atoms with van der Waals surface area (Å²) in [5, 5.41) is 12.5. The fraction of sp³-hybridized carbons (Fsp3) is 0.917. The molecule has 4 nitrogen and oxygen atoms in total. The summed E-state index contributed by atoms with van der Waals surface area (Å²) in [6, 6.07) is 0. The minimum atomic E-state index is -0.432. The summed E-state index contributed by atoms with van der Waals surface area (Å²) >= 11 is 0. The normalized spacial score (nSPS) is 26.1. The van der Waals surface area contributed by atoms with Gasteiger partial charge < -0.3 is 15.2 Å². The third kappa shape index (κ3) is 2.55. The topological polar surface area (TPSA) is 58.6 Å². The number of carbonyl (C=O) groups excluding carboxylic acids is 1.